The highest BCUT2D eigenvalue weighted by molar-refractivity contribution is 6.00. The van der Waals surface area contributed by atoms with Crippen molar-refractivity contribution in [1.82, 2.24) is 4.90 Å². The molecule has 0 unspecified atom stereocenters. The van der Waals surface area contributed by atoms with Crippen LogP contribution in [0.1, 0.15) is 16.7 Å². The molecule has 2 heteroatoms. The van der Waals surface area contributed by atoms with Crippen LogP contribution >= 0.6 is 0 Å². The monoisotopic (exact) mass is 263 g/mol. The molecule has 0 bridgehead atoms. The van der Waals surface area contributed by atoms with E-state index in [9.17, 15) is 4.79 Å². The van der Waals surface area contributed by atoms with Crippen molar-refractivity contribution >= 4 is 11.5 Å². The van der Waals surface area contributed by atoms with Crippen molar-refractivity contribution in [3.05, 3.63) is 77.4 Å². The molecule has 0 fully saturated rings. The smallest absolute Gasteiger partial charge is 0.247 e. The molecule has 20 heavy (non-hydrogen) atoms. The second-order valence-corrected chi connectivity index (χ2v) is 5.22. The molecule has 100 valence electrons. The molecule has 1 heterocycles. The van der Waals surface area contributed by atoms with E-state index in [-0.39, 0.29) is 5.91 Å². The predicted molar refractivity (Wildman–Crippen MR) is 81.0 cm³/mol. The molecule has 2 nitrogen and oxygen atoms in total. The summed E-state index contributed by atoms with van der Waals surface area (Å²) in [5.74, 6) is 0.101. The summed E-state index contributed by atoms with van der Waals surface area (Å²) in [5, 5.41) is 0. The third kappa shape index (κ3) is 2.64. The zero-order chi connectivity index (χ0) is 13.9. The predicted octanol–water partition coefficient (Wildman–Crippen LogP) is 3.42. The minimum Gasteiger partial charge on any atom is -0.330 e. The third-order valence-corrected chi connectivity index (χ3v) is 3.61. The Morgan fingerprint density at radius 3 is 2.40 bits per heavy atom. The number of carbonyl (C=O) groups excluding carboxylic acids is 1. The Hall–Kier alpha value is -2.35. The molecule has 0 saturated heterocycles. The van der Waals surface area contributed by atoms with Crippen LogP contribution in [-0.4, -0.2) is 17.4 Å². The van der Waals surface area contributed by atoms with E-state index < -0.39 is 0 Å². The Morgan fingerprint density at radius 2 is 1.70 bits per heavy atom. The summed E-state index contributed by atoms with van der Waals surface area (Å²) in [6, 6.07) is 18.4. The van der Waals surface area contributed by atoms with Gasteiger partial charge >= 0.3 is 0 Å². The Balaban J connectivity index is 1.74. The van der Waals surface area contributed by atoms with Crippen LogP contribution in [0.5, 0.6) is 0 Å². The normalized spacial score (nSPS) is 14.6. The first-order valence-electron chi connectivity index (χ1n) is 6.83. The SMILES string of the molecule is Cc1ccc(C2=CC(=O)N(Cc3ccccc3)C2)cc1. The molecular weight excluding hydrogens is 246 g/mol. The Morgan fingerprint density at radius 1 is 1.00 bits per heavy atom. The maximum atomic E-state index is 12.1. The van der Waals surface area contributed by atoms with E-state index in [1.807, 2.05) is 23.1 Å². The van der Waals surface area contributed by atoms with E-state index in [0.717, 1.165) is 11.1 Å². The van der Waals surface area contributed by atoms with Gasteiger partial charge in [-0.2, -0.15) is 0 Å². The van der Waals surface area contributed by atoms with E-state index >= 15 is 0 Å². The fourth-order valence-corrected chi connectivity index (χ4v) is 2.45. The van der Waals surface area contributed by atoms with Crippen LogP contribution in [0, 0.1) is 6.92 Å². The van der Waals surface area contributed by atoms with Gasteiger partial charge in [-0.25, -0.2) is 0 Å². The van der Waals surface area contributed by atoms with E-state index in [4.69, 9.17) is 0 Å². The van der Waals surface area contributed by atoms with Crippen molar-refractivity contribution in [3.8, 4) is 0 Å². The maximum absolute atomic E-state index is 12.1. The number of benzene rings is 2. The van der Waals surface area contributed by atoms with Gasteiger partial charge in [0, 0.05) is 19.2 Å². The largest absolute Gasteiger partial charge is 0.330 e. The highest BCUT2D eigenvalue weighted by atomic mass is 16.2. The highest BCUT2D eigenvalue weighted by Crippen LogP contribution is 2.23. The molecule has 0 aliphatic carbocycles. The zero-order valence-corrected chi connectivity index (χ0v) is 11.5. The zero-order valence-electron chi connectivity index (χ0n) is 11.5. The molecule has 1 amide bonds. The van der Waals surface area contributed by atoms with Crippen molar-refractivity contribution < 1.29 is 4.79 Å². The number of rotatable bonds is 3. The Bertz CT molecular complexity index is 641. The molecule has 0 atom stereocenters. The Kier molecular flexibility index (Phi) is 3.38. The lowest BCUT2D eigenvalue weighted by Crippen LogP contribution is -2.25. The average Bonchev–Trinajstić information content (AvgIpc) is 2.82. The van der Waals surface area contributed by atoms with Gasteiger partial charge in [0.05, 0.1) is 0 Å². The molecule has 0 radical (unpaired) electrons. The van der Waals surface area contributed by atoms with Gasteiger partial charge in [-0.15, -0.1) is 0 Å². The highest BCUT2D eigenvalue weighted by Gasteiger charge is 2.22. The molecule has 0 aromatic heterocycles. The van der Waals surface area contributed by atoms with Crippen LogP contribution in [0.3, 0.4) is 0 Å². The van der Waals surface area contributed by atoms with Gasteiger partial charge in [0.25, 0.3) is 0 Å². The first kappa shape index (κ1) is 12.7. The number of hydrogen-bond donors (Lipinski definition) is 0. The molecule has 3 rings (SSSR count). The first-order valence-corrected chi connectivity index (χ1v) is 6.83. The lowest BCUT2D eigenvalue weighted by atomic mass is 10.1. The maximum Gasteiger partial charge on any atom is 0.247 e. The summed E-state index contributed by atoms with van der Waals surface area (Å²) in [6.07, 6.45) is 1.76. The topological polar surface area (TPSA) is 20.3 Å². The van der Waals surface area contributed by atoms with E-state index in [0.29, 0.717) is 13.1 Å². The summed E-state index contributed by atoms with van der Waals surface area (Å²) < 4.78 is 0. The summed E-state index contributed by atoms with van der Waals surface area (Å²) in [5.41, 5.74) is 4.64. The van der Waals surface area contributed by atoms with Crippen LogP contribution in [0.2, 0.25) is 0 Å². The Labute approximate surface area is 119 Å². The van der Waals surface area contributed by atoms with Crippen molar-refractivity contribution in [2.24, 2.45) is 0 Å². The van der Waals surface area contributed by atoms with Gasteiger partial charge in [0.1, 0.15) is 0 Å². The number of nitrogens with zero attached hydrogens (tertiary/aromatic N) is 1. The van der Waals surface area contributed by atoms with Crippen molar-refractivity contribution in [2.75, 3.05) is 6.54 Å². The van der Waals surface area contributed by atoms with Crippen LogP contribution in [0.4, 0.5) is 0 Å². The van der Waals surface area contributed by atoms with Gasteiger partial charge in [-0.1, -0.05) is 60.2 Å². The van der Waals surface area contributed by atoms with Gasteiger partial charge in [-0.05, 0) is 23.6 Å². The fourth-order valence-electron chi connectivity index (χ4n) is 2.45. The van der Waals surface area contributed by atoms with Gasteiger partial charge in [0.2, 0.25) is 5.91 Å². The average molecular weight is 263 g/mol. The van der Waals surface area contributed by atoms with Gasteiger partial charge < -0.3 is 4.90 Å². The van der Waals surface area contributed by atoms with E-state index in [2.05, 4.69) is 43.3 Å². The fraction of sp³-hybridized carbons (Fsp3) is 0.167. The molecule has 1 aliphatic heterocycles. The second-order valence-electron chi connectivity index (χ2n) is 5.22. The van der Waals surface area contributed by atoms with Crippen LogP contribution < -0.4 is 0 Å². The van der Waals surface area contributed by atoms with Crippen molar-refractivity contribution in [1.29, 1.82) is 0 Å². The summed E-state index contributed by atoms with van der Waals surface area (Å²) in [4.78, 5) is 14.0. The summed E-state index contributed by atoms with van der Waals surface area (Å²) >= 11 is 0. The molecule has 2 aromatic carbocycles. The van der Waals surface area contributed by atoms with Crippen LogP contribution in [0.25, 0.3) is 5.57 Å². The minimum absolute atomic E-state index is 0.101. The van der Waals surface area contributed by atoms with Gasteiger partial charge in [-0.3, -0.25) is 4.79 Å². The second kappa shape index (κ2) is 5.33. The lowest BCUT2D eigenvalue weighted by molar-refractivity contribution is -0.125. The summed E-state index contributed by atoms with van der Waals surface area (Å²) in [7, 11) is 0. The molecular formula is C18H17NO. The minimum atomic E-state index is 0.101. The number of amides is 1. The lowest BCUT2D eigenvalue weighted by Gasteiger charge is -2.16. The van der Waals surface area contributed by atoms with Crippen LogP contribution in [-0.2, 0) is 11.3 Å². The van der Waals surface area contributed by atoms with E-state index in [1.54, 1.807) is 6.08 Å². The number of carbonyl (C=O) groups is 1. The quantitative estimate of drug-likeness (QED) is 0.831. The molecule has 1 aliphatic rings. The number of hydrogen-bond acceptors (Lipinski definition) is 1. The molecule has 2 aromatic rings. The van der Waals surface area contributed by atoms with Gasteiger partial charge in [0.15, 0.2) is 0 Å². The number of aryl methyl sites for hydroxylation is 1. The summed E-state index contributed by atoms with van der Waals surface area (Å²) in [6.45, 7) is 3.43. The molecule has 0 spiro atoms. The molecule has 0 N–H and O–H groups in total. The van der Waals surface area contributed by atoms with Crippen molar-refractivity contribution in [2.45, 2.75) is 13.5 Å². The standard InChI is InChI=1S/C18H17NO/c1-14-7-9-16(10-8-14)17-11-18(20)19(13-17)12-15-5-3-2-4-6-15/h2-11H,12-13H2,1H3. The first-order chi connectivity index (χ1) is 9.72. The van der Waals surface area contributed by atoms with Crippen molar-refractivity contribution in [3.63, 3.8) is 0 Å². The van der Waals surface area contributed by atoms with Crippen LogP contribution in [0.15, 0.2) is 60.7 Å². The third-order valence-electron chi connectivity index (χ3n) is 3.61. The molecule has 0 saturated carbocycles. The van der Waals surface area contributed by atoms with E-state index in [1.165, 1.54) is 11.1 Å².